The summed E-state index contributed by atoms with van der Waals surface area (Å²) in [6, 6.07) is 12.8. The minimum Gasteiger partial charge on any atom is -0.349 e. The number of halogens is 1. The van der Waals surface area contributed by atoms with E-state index in [4.69, 9.17) is 0 Å². The molecule has 29 heavy (non-hydrogen) atoms. The Hall–Kier alpha value is -3.22. The van der Waals surface area contributed by atoms with Crippen LogP contribution < -0.4 is 10.6 Å². The third kappa shape index (κ3) is 4.13. The molecular weight excluding hydrogens is 373 g/mol. The largest absolute Gasteiger partial charge is 0.349 e. The summed E-state index contributed by atoms with van der Waals surface area (Å²) in [6.07, 6.45) is 1.43. The van der Waals surface area contributed by atoms with Gasteiger partial charge in [-0.1, -0.05) is 18.2 Å². The predicted molar refractivity (Wildman–Crippen MR) is 106 cm³/mol. The van der Waals surface area contributed by atoms with Crippen LogP contribution in [0.15, 0.2) is 48.5 Å². The second-order valence-corrected chi connectivity index (χ2v) is 7.47. The minimum absolute atomic E-state index is 0.0430. The first-order valence-corrected chi connectivity index (χ1v) is 9.75. The molecule has 0 saturated carbocycles. The van der Waals surface area contributed by atoms with Crippen molar-refractivity contribution in [1.29, 1.82) is 0 Å². The molecule has 6 nitrogen and oxygen atoms in total. The van der Waals surface area contributed by atoms with Gasteiger partial charge in [-0.15, -0.1) is 0 Å². The Morgan fingerprint density at radius 3 is 2.45 bits per heavy atom. The van der Waals surface area contributed by atoms with Crippen LogP contribution in [0.5, 0.6) is 0 Å². The summed E-state index contributed by atoms with van der Waals surface area (Å²) in [5, 5.41) is 5.77. The van der Waals surface area contributed by atoms with Gasteiger partial charge in [0.2, 0.25) is 11.8 Å². The van der Waals surface area contributed by atoms with Crippen LogP contribution in [-0.4, -0.2) is 41.8 Å². The van der Waals surface area contributed by atoms with Crippen LogP contribution in [0.1, 0.15) is 41.1 Å². The number of carbonyl (C=O) groups is 3. The Morgan fingerprint density at radius 2 is 1.72 bits per heavy atom. The normalized spacial score (nSPS) is 19.3. The van der Waals surface area contributed by atoms with E-state index in [-0.39, 0.29) is 36.0 Å². The fourth-order valence-electron chi connectivity index (χ4n) is 3.97. The number of likely N-dealkylation sites (tertiary alicyclic amines) is 1. The molecule has 3 amide bonds. The Morgan fingerprint density at radius 1 is 1.03 bits per heavy atom. The summed E-state index contributed by atoms with van der Waals surface area (Å²) < 4.78 is 13.0. The molecular formula is C22H22FN3O3. The van der Waals surface area contributed by atoms with E-state index in [2.05, 4.69) is 10.6 Å². The Balaban J connectivity index is 1.36. The zero-order valence-corrected chi connectivity index (χ0v) is 15.9. The fraction of sp³-hybridized carbons (Fsp3) is 0.318. The third-order valence-corrected chi connectivity index (χ3v) is 5.55. The average molecular weight is 395 g/mol. The second-order valence-electron chi connectivity index (χ2n) is 7.47. The fourth-order valence-corrected chi connectivity index (χ4v) is 3.97. The third-order valence-electron chi connectivity index (χ3n) is 5.55. The molecule has 1 atom stereocenters. The van der Waals surface area contributed by atoms with Crippen LogP contribution in [0.3, 0.4) is 0 Å². The maximum atomic E-state index is 13.1. The van der Waals surface area contributed by atoms with Gasteiger partial charge in [0.05, 0.1) is 5.92 Å². The van der Waals surface area contributed by atoms with Crippen molar-refractivity contribution in [1.82, 2.24) is 10.2 Å². The topological polar surface area (TPSA) is 78.5 Å². The summed E-state index contributed by atoms with van der Waals surface area (Å²) in [4.78, 5) is 39.1. The summed E-state index contributed by atoms with van der Waals surface area (Å²) in [5.41, 5.74) is 1.96. The molecule has 0 bridgehead atoms. The smallest absolute Gasteiger partial charge is 0.251 e. The average Bonchev–Trinajstić information content (AvgIpc) is 2.73. The first-order valence-electron chi connectivity index (χ1n) is 9.75. The Bertz CT molecular complexity index is 937. The van der Waals surface area contributed by atoms with Crippen LogP contribution in [-0.2, 0) is 9.59 Å². The molecule has 2 N–H and O–H groups in total. The van der Waals surface area contributed by atoms with E-state index in [1.807, 2.05) is 24.3 Å². The van der Waals surface area contributed by atoms with Crippen molar-refractivity contribution < 1.29 is 18.8 Å². The van der Waals surface area contributed by atoms with Crippen LogP contribution in [0.25, 0.3) is 0 Å². The monoisotopic (exact) mass is 395 g/mol. The molecule has 7 heteroatoms. The SMILES string of the molecule is O=C1CC(C(=O)N2CCC(NC(=O)c3ccc(F)cc3)CC2)c2ccccc2N1. The molecule has 2 aromatic carbocycles. The lowest BCUT2D eigenvalue weighted by atomic mass is 9.88. The lowest BCUT2D eigenvalue weighted by Gasteiger charge is -2.36. The molecule has 4 rings (SSSR count). The molecule has 150 valence electrons. The molecule has 2 aliphatic heterocycles. The summed E-state index contributed by atoms with van der Waals surface area (Å²) in [7, 11) is 0. The van der Waals surface area contributed by atoms with Crippen molar-refractivity contribution in [2.24, 2.45) is 0 Å². The zero-order chi connectivity index (χ0) is 20.4. The van der Waals surface area contributed by atoms with Gasteiger partial charge >= 0.3 is 0 Å². The molecule has 0 radical (unpaired) electrons. The highest BCUT2D eigenvalue weighted by Crippen LogP contribution is 2.33. The number of amides is 3. The van der Waals surface area contributed by atoms with E-state index in [9.17, 15) is 18.8 Å². The molecule has 0 aliphatic carbocycles. The van der Waals surface area contributed by atoms with Crippen LogP contribution >= 0.6 is 0 Å². The van der Waals surface area contributed by atoms with E-state index in [1.54, 1.807) is 4.90 Å². The van der Waals surface area contributed by atoms with E-state index >= 15 is 0 Å². The maximum absolute atomic E-state index is 13.1. The van der Waals surface area contributed by atoms with E-state index in [0.717, 1.165) is 5.56 Å². The van der Waals surface area contributed by atoms with E-state index in [1.165, 1.54) is 24.3 Å². The first kappa shape index (κ1) is 19.1. The van der Waals surface area contributed by atoms with Crippen LogP contribution in [0, 0.1) is 5.82 Å². The lowest BCUT2D eigenvalue weighted by Crippen LogP contribution is -2.48. The van der Waals surface area contributed by atoms with Crippen molar-refractivity contribution >= 4 is 23.4 Å². The standard InChI is InChI=1S/C22H22FN3O3/c23-15-7-5-14(6-8-15)21(28)24-16-9-11-26(12-10-16)22(29)18-13-20(27)25-19-4-2-1-3-17(18)19/h1-8,16,18H,9-13H2,(H,24,28)(H,25,27). The van der Waals surface area contributed by atoms with Crippen molar-refractivity contribution in [3.8, 4) is 0 Å². The minimum atomic E-state index is -0.467. The van der Waals surface area contributed by atoms with Gasteiger partial charge in [-0.2, -0.15) is 0 Å². The zero-order valence-electron chi connectivity index (χ0n) is 15.9. The quantitative estimate of drug-likeness (QED) is 0.839. The van der Waals surface area contributed by atoms with Gasteiger partial charge in [0.1, 0.15) is 5.82 Å². The van der Waals surface area contributed by atoms with Gasteiger partial charge in [-0.05, 0) is 48.7 Å². The van der Waals surface area contributed by atoms with Crippen LogP contribution in [0.2, 0.25) is 0 Å². The number of carbonyl (C=O) groups excluding carboxylic acids is 3. The number of rotatable bonds is 3. The number of fused-ring (bicyclic) bond motifs is 1. The number of benzene rings is 2. The predicted octanol–water partition coefficient (Wildman–Crippen LogP) is 2.67. The maximum Gasteiger partial charge on any atom is 0.251 e. The molecule has 2 aliphatic rings. The second kappa shape index (κ2) is 8.03. The van der Waals surface area contributed by atoms with E-state index in [0.29, 0.717) is 37.2 Å². The molecule has 0 aromatic heterocycles. The summed E-state index contributed by atoms with van der Waals surface area (Å²) >= 11 is 0. The van der Waals surface area contributed by atoms with Gasteiger partial charge in [-0.25, -0.2) is 4.39 Å². The molecule has 2 aromatic rings. The van der Waals surface area contributed by atoms with E-state index < -0.39 is 5.92 Å². The lowest BCUT2D eigenvalue weighted by molar-refractivity contribution is -0.136. The van der Waals surface area contributed by atoms with Crippen molar-refractivity contribution in [3.05, 3.63) is 65.5 Å². The first-order chi connectivity index (χ1) is 14.0. The number of nitrogens with one attached hydrogen (secondary N) is 2. The van der Waals surface area contributed by atoms with Gasteiger partial charge in [-0.3, -0.25) is 14.4 Å². The van der Waals surface area contributed by atoms with Gasteiger partial charge in [0, 0.05) is 36.8 Å². The Kier molecular flexibility index (Phi) is 5.29. The number of piperidine rings is 1. The van der Waals surface area contributed by atoms with Crippen molar-refractivity contribution in [2.45, 2.75) is 31.2 Å². The van der Waals surface area contributed by atoms with Gasteiger partial charge in [0.15, 0.2) is 0 Å². The number of anilines is 1. The molecule has 1 fully saturated rings. The number of nitrogens with zero attached hydrogens (tertiary/aromatic N) is 1. The van der Waals surface area contributed by atoms with Crippen LogP contribution in [0.4, 0.5) is 10.1 Å². The number of hydrogen-bond acceptors (Lipinski definition) is 3. The van der Waals surface area contributed by atoms with Crippen molar-refractivity contribution in [2.75, 3.05) is 18.4 Å². The highest BCUT2D eigenvalue weighted by Gasteiger charge is 2.34. The Labute approximate surface area is 168 Å². The highest BCUT2D eigenvalue weighted by atomic mass is 19.1. The molecule has 2 heterocycles. The number of para-hydroxylation sites is 1. The molecule has 0 spiro atoms. The van der Waals surface area contributed by atoms with Gasteiger partial charge in [0.25, 0.3) is 5.91 Å². The van der Waals surface area contributed by atoms with Crippen molar-refractivity contribution in [3.63, 3.8) is 0 Å². The highest BCUT2D eigenvalue weighted by molar-refractivity contribution is 6.01. The van der Waals surface area contributed by atoms with Gasteiger partial charge < -0.3 is 15.5 Å². The summed E-state index contributed by atoms with van der Waals surface area (Å²) in [6.45, 7) is 1.04. The number of hydrogen-bond donors (Lipinski definition) is 2. The molecule has 1 unspecified atom stereocenters. The summed E-state index contributed by atoms with van der Waals surface area (Å²) in [5.74, 6) is -1.29. The molecule has 1 saturated heterocycles.